The van der Waals surface area contributed by atoms with Gasteiger partial charge in [0.2, 0.25) is 0 Å². The van der Waals surface area contributed by atoms with Gasteiger partial charge in [-0.2, -0.15) is 0 Å². The van der Waals surface area contributed by atoms with Crippen LogP contribution in [-0.4, -0.2) is 42.5 Å². The molecular formula is C17H26IN5S2. The first-order valence-electron chi connectivity index (χ1n) is 8.30. The minimum atomic E-state index is 0. The van der Waals surface area contributed by atoms with Crippen LogP contribution in [0.5, 0.6) is 0 Å². The predicted molar refractivity (Wildman–Crippen MR) is 119 cm³/mol. The SMILES string of the molecule is CN=C(NCCN1CCc2sccc2C1)NCc1sc(C)nc1C.I. The van der Waals surface area contributed by atoms with Crippen molar-refractivity contribution in [2.45, 2.75) is 33.4 Å². The second-order valence-electron chi connectivity index (χ2n) is 5.99. The summed E-state index contributed by atoms with van der Waals surface area (Å²) in [4.78, 5) is 14.1. The van der Waals surface area contributed by atoms with Gasteiger partial charge >= 0.3 is 0 Å². The van der Waals surface area contributed by atoms with Crippen LogP contribution in [0.25, 0.3) is 0 Å². The van der Waals surface area contributed by atoms with Crippen LogP contribution in [0.4, 0.5) is 0 Å². The van der Waals surface area contributed by atoms with Gasteiger partial charge in [-0.3, -0.25) is 9.89 Å². The van der Waals surface area contributed by atoms with Gasteiger partial charge in [-0.15, -0.1) is 46.7 Å². The van der Waals surface area contributed by atoms with Crippen LogP contribution in [0.3, 0.4) is 0 Å². The number of nitrogens with zero attached hydrogens (tertiary/aromatic N) is 3. The molecule has 0 amide bonds. The maximum absolute atomic E-state index is 4.46. The molecule has 1 aliphatic heterocycles. The van der Waals surface area contributed by atoms with E-state index in [1.54, 1.807) is 16.2 Å². The lowest BCUT2D eigenvalue weighted by Crippen LogP contribution is -2.42. The van der Waals surface area contributed by atoms with Crippen LogP contribution in [-0.2, 0) is 19.5 Å². The molecule has 0 fully saturated rings. The lowest BCUT2D eigenvalue weighted by atomic mass is 10.1. The Bertz CT molecular complexity index is 710. The number of hydrogen-bond donors (Lipinski definition) is 2. The van der Waals surface area contributed by atoms with Crippen molar-refractivity contribution < 1.29 is 0 Å². The average molecular weight is 491 g/mol. The smallest absolute Gasteiger partial charge is 0.191 e. The standard InChI is InChI=1S/C17H25N5S2.HI/c1-12-16(24-13(2)21-12)10-20-17(18-3)19-6-8-22-7-4-15-14(11-22)5-9-23-15;/h5,9H,4,6-8,10-11H2,1-3H3,(H2,18,19,20);1H. The van der Waals surface area contributed by atoms with Gasteiger partial charge in [-0.25, -0.2) is 4.98 Å². The molecule has 3 heterocycles. The molecule has 5 nitrogen and oxygen atoms in total. The fourth-order valence-electron chi connectivity index (χ4n) is 2.95. The first-order valence-corrected chi connectivity index (χ1v) is 10.0. The third-order valence-electron chi connectivity index (χ3n) is 4.25. The number of hydrogen-bond acceptors (Lipinski definition) is 5. The third kappa shape index (κ3) is 5.63. The van der Waals surface area contributed by atoms with Crippen LogP contribution in [0.2, 0.25) is 0 Å². The number of nitrogens with one attached hydrogen (secondary N) is 2. The minimum absolute atomic E-state index is 0. The number of thiophene rings is 1. The molecule has 2 aromatic rings. The number of thiazole rings is 1. The van der Waals surface area contributed by atoms with Crippen molar-refractivity contribution in [2.75, 3.05) is 26.7 Å². The van der Waals surface area contributed by atoms with Gasteiger partial charge in [0.05, 0.1) is 17.2 Å². The Labute approximate surface area is 175 Å². The Hall–Kier alpha value is -0.710. The molecule has 25 heavy (non-hydrogen) atoms. The van der Waals surface area contributed by atoms with E-state index in [1.807, 2.05) is 25.3 Å². The van der Waals surface area contributed by atoms with Gasteiger partial charge < -0.3 is 10.6 Å². The fraction of sp³-hybridized carbons (Fsp3) is 0.529. The van der Waals surface area contributed by atoms with Crippen LogP contribution in [0.15, 0.2) is 16.4 Å². The first-order chi connectivity index (χ1) is 11.7. The molecule has 0 radical (unpaired) electrons. The van der Waals surface area contributed by atoms with Crippen molar-refractivity contribution in [1.29, 1.82) is 0 Å². The number of aryl methyl sites for hydroxylation is 2. The van der Waals surface area contributed by atoms with Crippen molar-refractivity contribution in [3.63, 3.8) is 0 Å². The number of rotatable bonds is 5. The average Bonchev–Trinajstić information content (AvgIpc) is 3.16. The van der Waals surface area contributed by atoms with Crippen molar-refractivity contribution in [3.05, 3.63) is 37.5 Å². The molecule has 0 aromatic carbocycles. The van der Waals surface area contributed by atoms with Gasteiger partial charge in [0, 0.05) is 43.0 Å². The van der Waals surface area contributed by atoms with E-state index in [-0.39, 0.29) is 24.0 Å². The van der Waals surface area contributed by atoms with Crippen molar-refractivity contribution in [2.24, 2.45) is 4.99 Å². The molecule has 0 spiro atoms. The highest BCUT2D eigenvalue weighted by Crippen LogP contribution is 2.23. The molecule has 2 aromatic heterocycles. The van der Waals surface area contributed by atoms with Gasteiger partial charge in [0.15, 0.2) is 5.96 Å². The number of guanidine groups is 1. The number of fused-ring (bicyclic) bond motifs is 1. The summed E-state index contributed by atoms with van der Waals surface area (Å²) < 4.78 is 0. The molecule has 0 unspecified atom stereocenters. The van der Waals surface area contributed by atoms with E-state index in [0.29, 0.717) is 0 Å². The Morgan fingerprint density at radius 3 is 2.92 bits per heavy atom. The summed E-state index contributed by atoms with van der Waals surface area (Å²) in [5, 5.41) is 10.1. The van der Waals surface area contributed by atoms with Gasteiger partial charge in [0.1, 0.15) is 0 Å². The summed E-state index contributed by atoms with van der Waals surface area (Å²) in [6, 6.07) is 2.26. The van der Waals surface area contributed by atoms with Crippen LogP contribution in [0, 0.1) is 13.8 Å². The molecule has 3 rings (SSSR count). The van der Waals surface area contributed by atoms with E-state index < -0.39 is 0 Å². The first kappa shape index (κ1) is 20.6. The van der Waals surface area contributed by atoms with E-state index >= 15 is 0 Å². The van der Waals surface area contributed by atoms with E-state index in [9.17, 15) is 0 Å². The second kappa shape index (κ2) is 9.84. The summed E-state index contributed by atoms with van der Waals surface area (Å²) in [7, 11) is 1.82. The van der Waals surface area contributed by atoms with E-state index in [4.69, 9.17) is 0 Å². The predicted octanol–water partition coefficient (Wildman–Crippen LogP) is 3.16. The number of aliphatic imine (C=N–C) groups is 1. The third-order valence-corrected chi connectivity index (χ3v) is 6.34. The zero-order chi connectivity index (χ0) is 16.9. The summed E-state index contributed by atoms with van der Waals surface area (Å²) in [6.07, 6.45) is 1.18. The Balaban J connectivity index is 0.00000225. The minimum Gasteiger partial charge on any atom is -0.355 e. The lowest BCUT2D eigenvalue weighted by Gasteiger charge is -2.27. The van der Waals surface area contributed by atoms with Crippen molar-refractivity contribution in [1.82, 2.24) is 20.5 Å². The maximum atomic E-state index is 4.46. The maximum Gasteiger partial charge on any atom is 0.191 e. The summed E-state index contributed by atoms with van der Waals surface area (Å²) in [6.45, 7) is 9.05. The Kier molecular flexibility index (Phi) is 8.11. The summed E-state index contributed by atoms with van der Waals surface area (Å²) >= 11 is 3.64. The topological polar surface area (TPSA) is 52.6 Å². The highest BCUT2D eigenvalue weighted by Gasteiger charge is 2.16. The Morgan fingerprint density at radius 1 is 1.36 bits per heavy atom. The summed E-state index contributed by atoms with van der Waals surface area (Å²) in [5.41, 5.74) is 2.62. The summed E-state index contributed by atoms with van der Waals surface area (Å²) in [5.74, 6) is 0.855. The van der Waals surface area contributed by atoms with E-state index in [0.717, 1.165) is 49.4 Å². The van der Waals surface area contributed by atoms with Crippen LogP contribution < -0.4 is 10.6 Å². The van der Waals surface area contributed by atoms with Gasteiger partial charge in [0.25, 0.3) is 0 Å². The monoisotopic (exact) mass is 491 g/mol. The fourth-order valence-corrected chi connectivity index (χ4v) is 4.72. The van der Waals surface area contributed by atoms with Gasteiger partial charge in [-0.1, -0.05) is 0 Å². The molecule has 0 saturated carbocycles. The molecule has 0 saturated heterocycles. The van der Waals surface area contributed by atoms with E-state index in [2.05, 4.69) is 43.9 Å². The van der Waals surface area contributed by atoms with Crippen molar-refractivity contribution in [3.8, 4) is 0 Å². The molecule has 0 atom stereocenters. The number of aromatic nitrogens is 1. The molecule has 8 heteroatoms. The second-order valence-corrected chi connectivity index (χ2v) is 8.28. The van der Waals surface area contributed by atoms with Crippen LogP contribution >= 0.6 is 46.7 Å². The van der Waals surface area contributed by atoms with E-state index in [1.165, 1.54) is 16.9 Å². The van der Waals surface area contributed by atoms with Crippen molar-refractivity contribution >= 4 is 52.6 Å². The Morgan fingerprint density at radius 2 is 2.20 bits per heavy atom. The zero-order valence-corrected chi connectivity index (χ0v) is 18.9. The van der Waals surface area contributed by atoms with Gasteiger partial charge in [-0.05, 0) is 37.3 Å². The zero-order valence-electron chi connectivity index (χ0n) is 15.0. The van der Waals surface area contributed by atoms with Crippen LogP contribution in [0.1, 0.15) is 26.0 Å². The highest BCUT2D eigenvalue weighted by atomic mass is 127. The lowest BCUT2D eigenvalue weighted by molar-refractivity contribution is 0.260. The number of halogens is 1. The molecule has 2 N–H and O–H groups in total. The molecule has 0 bridgehead atoms. The molecule has 1 aliphatic rings. The molecule has 138 valence electrons. The molecular weight excluding hydrogens is 465 g/mol. The molecule has 0 aliphatic carbocycles. The highest BCUT2D eigenvalue weighted by molar-refractivity contribution is 14.0. The largest absolute Gasteiger partial charge is 0.355 e. The normalized spacial score (nSPS) is 14.8. The quantitative estimate of drug-likeness (QED) is 0.384.